The molecule has 1 amide bonds. The van der Waals surface area contributed by atoms with Crippen LogP contribution < -0.4 is 5.01 Å². The van der Waals surface area contributed by atoms with Crippen molar-refractivity contribution in [2.45, 2.75) is 59.0 Å². The third-order valence-electron chi connectivity index (χ3n) is 11.2. The van der Waals surface area contributed by atoms with Crippen molar-refractivity contribution in [2.75, 3.05) is 5.01 Å². The Labute approximate surface area is 286 Å². The molecule has 3 atom stereocenters. The number of fused-ring (bicyclic) bond motifs is 2. The highest BCUT2D eigenvalue weighted by Gasteiger charge is 2.60. The van der Waals surface area contributed by atoms with Crippen LogP contribution in [0.15, 0.2) is 128 Å². The van der Waals surface area contributed by atoms with Gasteiger partial charge in [-0.15, -0.1) is 5.10 Å². The van der Waals surface area contributed by atoms with Crippen LogP contribution in [0, 0.1) is 16.7 Å². The monoisotopic (exact) mass is 653 g/mol. The number of nitrogens with zero attached hydrogens (tertiary/aromatic N) is 5. The Morgan fingerprint density at radius 1 is 0.917 bits per heavy atom. The van der Waals surface area contributed by atoms with E-state index in [-0.39, 0.29) is 22.8 Å². The SMILES string of the molecule is CC12CCC(CC1=NN=C1SC(=Cc3ccc(N4N=C(c5ccccc5)CC4c4ccccc4)cc3)C(=O)N1Cc1ccco1)C2(C)C. The molecular formula is C40H39N5O2S. The number of thioether (sulfide) groups is 1. The number of amidine groups is 1. The fourth-order valence-electron chi connectivity index (χ4n) is 7.83. The second-order valence-corrected chi connectivity index (χ2v) is 15.0. The number of hydrogen-bond acceptors (Lipinski definition) is 7. The van der Waals surface area contributed by atoms with Crippen molar-refractivity contribution < 1.29 is 9.21 Å². The highest BCUT2D eigenvalue weighted by Crippen LogP contribution is 2.64. The first-order valence-electron chi connectivity index (χ1n) is 16.8. The molecule has 3 aromatic carbocycles. The number of amides is 1. The molecule has 242 valence electrons. The first kappa shape index (κ1) is 30.6. The molecule has 7 nitrogen and oxygen atoms in total. The molecule has 2 bridgehead atoms. The smallest absolute Gasteiger partial charge is 0.267 e. The lowest BCUT2D eigenvalue weighted by Crippen LogP contribution is -2.32. The minimum absolute atomic E-state index is 0.0437. The van der Waals surface area contributed by atoms with Gasteiger partial charge < -0.3 is 4.42 Å². The molecule has 3 heterocycles. The van der Waals surface area contributed by atoms with Gasteiger partial charge in [0.1, 0.15) is 5.76 Å². The Kier molecular flexibility index (Phi) is 7.71. The van der Waals surface area contributed by atoms with Crippen molar-refractivity contribution >= 4 is 46.0 Å². The van der Waals surface area contributed by atoms with Gasteiger partial charge >= 0.3 is 0 Å². The summed E-state index contributed by atoms with van der Waals surface area (Å²) in [5.41, 5.74) is 6.78. The predicted octanol–water partition coefficient (Wildman–Crippen LogP) is 9.31. The second kappa shape index (κ2) is 12.1. The number of anilines is 1. The maximum Gasteiger partial charge on any atom is 0.267 e. The zero-order valence-corrected chi connectivity index (χ0v) is 28.4. The van der Waals surface area contributed by atoms with E-state index in [4.69, 9.17) is 19.7 Å². The second-order valence-electron chi connectivity index (χ2n) is 14.0. The number of hydrogen-bond donors (Lipinski definition) is 0. The lowest BCUT2D eigenvalue weighted by atomic mass is 9.70. The summed E-state index contributed by atoms with van der Waals surface area (Å²) >= 11 is 1.38. The molecule has 4 aliphatic rings. The zero-order chi connectivity index (χ0) is 32.9. The van der Waals surface area contributed by atoms with Crippen molar-refractivity contribution in [1.82, 2.24) is 4.90 Å². The van der Waals surface area contributed by atoms with Gasteiger partial charge in [0.05, 0.1) is 35.2 Å². The van der Waals surface area contributed by atoms with Crippen LogP contribution in [0.5, 0.6) is 0 Å². The zero-order valence-electron chi connectivity index (χ0n) is 27.5. The summed E-state index contributed by atoms with van der Waals surface area (Å²) in [6.07, 6.45) is 7.76. The first-order chi connectivity index (χ1) is 23.3. The van der Waals surface area contributed by atoms with Gasteiger partial charge in [-0.05, 0) is 89.4 Å². The fourth-order valence-corrected chi connectivity index (χ4v) is 8.75. The van der Waals surface area contributed by atoms with Crippen LogP contribution >= 0.6 is 11.8 Å². The number of carbonyl (C=O) groups excluding carboxylic acids is 1. The van der Waals surface area contributed by atoms with E-state index >= 15 is 0 Å². The molecule has 1 saturated heterocycles. The molecule has 0 radical (unpaired) electrons. The highest BCUT2D eigenvalue weighted by atomic mass is 32.2. The topological polar surface area (TPSA) is 73.8 Å². The van der Waals surface area contributed by atoms with Crippen LogP contribution in [0.25, 0.3) is 6.08 Å². The van der Waals surface area contributed by atoms with E-state index in [2.05, 4.69) is 98.6 Å². The van der Waals surface area contributed by atoms with Crippen LogP contribution in [-0.2, 0) is 11.3 Å². The number of benzene rings is 3. The predicted molar refractivity (Wildman–Crippen MR) is 195 cm³/mol. The summed E-state index contributed by atoms with van der Waals surface area (Å²) in [5, 5.41) is 17.4. The van der Waals surface area contributed by atoms with E-state index in [9.17, 15) is 4.79 Å². The molecule has 48 heavy (non-hydrogen) atoms. The number of hydrazone groups is 1. The van der Waals surface area contributed by atoms with Crippen molar-refractivity contribution in [3.8, 4) is 0 Å². The van der Waals surface area contributed by atoms with Gasteiger partial charge in [0.2, 0.25) is 0 Å². The van der Waals surface area contributed by atoms with Crippen LogP contribution in [0.4, 0.5) is 5.69 Å². The van der Waals surface area contributed by atoms with E-state index in [1.807, 2.05) is 30.3 Å². The van der Waals surface area contributed by atoms with Crippen molar-refractivity contribution in [3.05, 3.63) is 131 Å². The maximum atomic E-state index is 13.8. The normalized spacial score (nSPS) is 27.2. The average Bonchev–Trinajstić information content (AvgIpc) is 3.92. The van der Waals surface area contributed by atoms with Crippen LogP contribution in [-0.4, -0.2) is 27.4 Å². The molecule has 2 aliphatic heterocycles. The summed E-state index contributed by atoms with van der Waals surface area (Å²) in [6, 6.07) is 33.0. The van der Waals surface area contributed by atoms with Crippen LogP contribution in [0.1, 0.15) is 74.9 Å². The average molecular weight is 654 g/mol. The van der Waals surface area contributed by atoms with Gasteiger partial charge in [0.25, 0.3) is 5.91 Å². The van der Waals surface area contributed by atoms with E-state index in [0.717, 1.165) is 47.5 Å². The van der Waals surface area contributed by atoms with Gasteiger partial charge in [0, 0.05) is 17.5 Å². The summed E-state index contributed by atoms with van der Waals surface area (Å²) in [4.78, 5) is 16.1. The van der Waals surface area contributed by atoms with Crippen molar-refractivity contribution in [1.29, 1.82) is 0 Å². The molecule has 2 aliphatic carbocycles. The van der Waals surface area contributed by atoms with E-state index in [0.29, 0.717) is 28.3 Å². The highest BCUT2D eigenvalue weighted by molar-refractivity contribution is 8.18. The molecule has 8 heteroatoms. The largest absolute Gasteiger partial charge is 0.467 e. The molecule has 3 fully saturated rings. The number of rotatable bonds is 7. The van der Waals surface area contributed by atoms with Crippen molar-refractivity contribution in [3.63, 3.8) is 0 Å². The number of carbonyl (C=O) groups is 1. The van der Waals surface area contributed by atoms with E-state index in [1.165, 1.54) is 23.7 Å². The Morgan fingerprint density at radius 3 is 2.33 bits per heavy atom. The Bertz CT molecular complexity index is 1950. The third kappa shape index (κ3) is 5.32. The van der Waals surface area contributed by atoms with Gasteiger partial charge in [-0.3, -0.25) is 14.7 Å². The van der Waals surface area contributed by atoms with Gasteiger partial charge in [-0.2, -0.15) is 10.2 Å². The fraction of sp³-hybridized carbons (Fsp3) is 0.300. The molecule has 2 saturated carbocycles. The van der Waals surface area contributed by atoms with Crippen LogP contribution in [0.3, 0.4) is 0 Å². The molecule has 1 aromatic heterocycles. The third-order valence-corrected chi connectivity index (χ3v) is 12.2. The summed E-state index contributed by atoms with van der Waals surface area (Å²) in [7, 11) is 0. The molecular weight excluding hydrogens is 615 g/mol. The Morgan fingerprint density at radius 2 is 1.67 bits per heavy atom. The summed E-state index contributed by atoms with van der Waals surface area (Å²) in [5.74, 6) is 1.24. The lowest BCUT2D eigenvalue weighted by Gasteiger charge is -2.34. The summed E-state index contributed by atoms with van der Waals surface area (Å²) < 4.78 is 5.62. The molecule has 3 unspecified atom stereocenters. The van der Waals surface area contributed by atoms with E-state index < -0.39 is 0 Å². The van der Waals surface area contributed by atoms with Crippen LogP contribution in [0.2, 0.25) is 0 Å². The minimum atomic E-state index is -0.0975. The Balaban J connectivity index is 1.08. The Hall–Kier alpha value is -4.69. The van der Waals surface area contributed by atoms with Crippen molar-refractivity contribution in [2.24, 2.45) is 32.1 Å². The quantitative estimate of drug-likeness (QED) is 0.147. The number of furan rings is 1. The standard InChI is InChI=1S/C40H39N5O2S/c1-39(2)30-20-21-40(39,3)36(24-30)41-42-38-44(26-32-15-10-22-47-32)37(46)35(48-38)23-27-16-18-31(19-17-27)45-34(29-13-8-5-9-14-29)25-33(43-45)28-11-6-4-7-12-28/h4-19,22-23,30,34H,20-21,24-26H2,1-3H3. The van der Waals surface area contributed by atoms with E-state index in [1.54, 1.807) is 11.2 Å². The minimum Gasteiger partial charge on any atom is -0.467 e. The molecule has 4 aromatic rings. The molecule has 8 rings (SSSR count). The van der Waals surface area contributed by atoms with Gasteiger partial charge in [-0.1, -0.05) is 93.6 Å². The lowest BCUT2D eigenvalue weighted by molar-refractivity contribution is -0.122. The van der Waals surface area contributed by atoms with Gasteiger partial charge in [-0.25, -0.2) is 0 Å². The first-order valence-corrected chi connectivity index (χ1v) is 17.6. The molecule has 0 spiro atoms. The molecule has 0 N–H and O–H groups in total. The summed E-state index contributed by atoms with van der Waals surface area (Å²) in [6.45, 7) is 7.37. The van der Waals surface area contributed by atoms with Gasteiger partial charge in [0.15, 0.2) is 5.17 Å². The maximum absolute atomic E-state index is 13.8.